The topological polar surface area (TPSA) is 86.8 Å². The number of nitrogens with zero attached hydrogens (tertiary/aromatic N) is 2. The fourth-order valence-electron chi connectivity index (χ4n) is 4.71. The van der Waals surface area contributed by atoms with Crippen LogP contribution in [0.2, 0.25) is 0 Å². The lowest BCUT2D eigenvalue weighted by atomic mass is 10.1. The van der Waals surface area contributed by atoms with Crippen molar-refractivity contribution < 1.29 is 18.0 Å². The summed E-state index contributed by atoms with van der Waals surface area (Å²) in [5.41, 5.74) is 5.04. The average molecular weight is 578 g/mol. The Morgan fingerprint density at radius 1 is 0.780 bits per heavy atom. The number of hydrogen-bond donors (Lipinski definition) is 1. The van der Waals surface area contributed by atoms with E-state index in [0.29, 0.717) is 12.1 Å². The highest BCUT2D eigenvalue weighted by molar-refractivity contribution is 7.92. The standard InChI is InChI=1S/C33H43N3O4S/c1-8-27(7)34-33(38)31(9-2)35(21-28-14-10-23(3)11-15-28)32(37)22-36(29-19-25(5)18-26(6)20-29)41(39,40)30-16-12-24(4)13-17-30/h10-20,27,31H,8-9,21-22H2,1-7H3,(H,34,38). The third-order valence-corrected chi connectivity index (χ3v) is 9.03. The molecule has 0 aliphatic heterocycles. The van der Waals surface area contributed by atoms with Crippen LogP contribution in [-0.4, -0.2) is 43.8 Å². The molecule has 0 bridgehead atoms. The Hall–Kier alpha value is -3.65. The Morgan fingerprint density at radius 2 is 1.32 bits per heavy atom. The van der Waals surface area contributed by atoms with Gasteiger partial charge in [-0.05, 0) is 88.4 Å². The summed E-state index contributed by atoms with van der Waals surface area (Å²) in [6.07, 6.45) is 1.14. The number of carbonyl (C=O) groups is 2. The van der Waals surface area contributed by atoms with Gasteiger partial charge in [0.2, 0.25) is 11.8 Å². The van der Waals surface area contributed by atoms with Gasteiger partial charge >= 0.3 is 0 Å². The molecule has 2 atom stereocenters. The van der Waals surface area contributed by atoms with Gasteiger partial charge in [0, 0.05) is 12.6 Å². The third kappa shape index (κ3) is 8.19. The van der Waals surface area contributed by atoms with Crippen LogP contribution in [-0.2, 0) is 26.2 Å². The molecule has 0 heterocycles. The smallest absolute Gasteiger partial charge is 0.264 e. The molecular weight excluding hydrogens is 534 g/mol. The van der Waals surface area contributed by atoms with E-state index in [9.17, 15) is 18.0 Å². The van der Waals surface area contributed by atoms with E-state index in [1.54, 1.807) is 36.4 Å². The highest BCUT2D eigenvalue weighted by Gasteiger charge is 2.34. The molecule has 0 radical (unpaired) electrons. The fraction of sp³-hybridized carbons (Fsp3) is 0.394. The molecule has 220 valence electrons. The van der Waals surface area contributed by atoms with Crippen LogP contribution in [0.5, 0.6) is 0 Å². The molecule has 0 aromatic heterocycles. The lowest BCUT2D eigenvalue weighted by Gasteiger charge is -2.34. The molecule has 8 heteroatoms. The Bertz CT molecular complexity index is 1430. The number of sulfonamides is 1. The van der Waals surface area contributed by atoms with Crippen LogP contribution in [0.15, 0.2) is 71.6 Å². The summed E-state index contributed by atoms with van der Waals surface area (Å²) < 4.78 is 29.3. The fourth-order valence-corrected chi connectivity index (χ4v) is 6.11. The normalized spacial score (nSPS) is 12.9. The second-order valence-electron chi connectivity index (χ2n) is 10.9. The van der Waals surface area contributed by atoms with Gasteiger partial charge in [-0.3, -0.25) is 13.9 Å². The zero-order chi connectivity index (χ0) is 30.3. The number of anilines is 1. The monoisotopic (exact) mass is 577 g/mol. The summed E-state index contributed by atoms with van der Waals surface area (Å²) in [4.78, 5) is 29.2. The lowest BCUT2D eigenvalue weighted by Crippen LogP contribution is -2.53. The molecule has 0 fully saturated rings. The largest absolute Gasteiger partial charge is 0.352 e. The minimum atomic E-state index is -4.10. The molecule has 2 amide bonds. The molecule has 7 nitrogen and oxygen atoms in total. The summed E-state index contributed by atoms with van der Waals surface area (Å²) >= 11 is 0. The van der Waals surface area contributed by atoms with Gasteiger partial charge in [-0.2, -0.15) is 0 Å². The van der Waals surface area contributed by atoms with Gasteiger partial charge in [0.1, 0.15) is 12.6 Å². The summed E-state index contributed by atoms with van der Waals surface area (Å²) in [5, 5.41) is 3.01. The molecule has 0 spiro atoms. The van der Waals surface area contributed by atoms with Gasteiger partial charge in [0.05, 0.1) is 10.6 Å². The highest BCUT2D eigenvalue weighted by Crippen LogP contribution is 2.27. The molecule has 3 aromatic rings. The quantitative estimate of drug-likeness (QED) is 0.293. The number of rotatable bonds is 12. The minimum Gasteiger partial charge on any atom is -0.352 e. The first kappa shape index (κ1) is 31.9. The van der Waals surface area contributed by atoms with E-state index in [1.807, 2.05) is 78.8 Å². The van der Waals surface area contributed by atoms with Crippen molar-refractivity contribution in [2.75, 3.05) is 10.8 Å². The Morgan fingerprint density at radius 3 is 1.83 bits per heavy atom. The van der Waals surface area contributed by atoms with E-state index in [1.165, 1.54) is 9.21 Å². The van der Waals surface area contributed by atoms with Crippen LogP contribution in [0.3, 0.4) is 0 Å². The Balaban J connectivity index is 2.09. The Kier molecular flexibility index (Phi) is 10.7. The predicted molar refractivity (Wildman–Crippen MR) is 165 cm³/mol. The van der Waals surface area contributed by atoms with Crippen molar-refractivity contribution in [2.45, 2.75) is 84.8 Å². The molecular formula is C33H43N3O4S. The SMILES string of the molecule is CCC(C)NC(=O)C(CC)N(Cc1ccc(C)cc1)C(=O)CN(c1cc(C)cc(C)c1)S(=O)(=O)c1ccc(C)cc1. The maximum absolute atomic E-state index is 14.2. The van der Waals surface area contributed by atoms with Gasteiger partial charge in [-0.15, -0.1) is 0 Å². The summed E-state index contributed by atoms with van der Waals surface area (Å²) in [7, 11) is -4.10. The van der Waals surface area contributed by atoms with Gasteiger partial charge in [-0.1, -0.05) is 67.4 Å². The van der Waals surface area contributed by atoms with Crippen LogP contribution >= 0.6 is 0 Å². The van der Waals surface area contributed by atoms with Crippen molar-refractivity contribution in [1.82, 2.24) is 10.2 Å². The zero-order valence-corrected chi connectivity index (χ0v) is 26.1. The van der Waals surface area contributed by atoms with Gasteiger partial charge in [-0.25, -0.2) is 8.42 Å². The molecule has 2 unspecified atom stereocenters. The molecule has 3 aromatic carbocycles. The first-order chi connectivity index (χ1) is 19.3. The van der Waals surface area contributed by atoms with E-state index in [4.69, 9.17) is 0 Å². The second-order valence-corrected chi connectivity index (χ2v) is 12.8. The number of carbonyl (C=O) groups excluding carboxylic acids is 2. The first-order valence-electron chi connectivity index (χ1n) is 14.2. The number of nitrogens with one attached hydrogen (secondary N) is 1. The predicted octanol–water partition coefficient (Wildman–Crippen LogP) is 5.84. The molecule has 0 saturated carbocycles. The van der Waals surface area contributed by atoms with Crippen molar-refractivity contribution in [3.63, 3.8) is 0 Å². The number of amides is 2. The molecule has 0 aliphatic carbocycles. The van der Waals surface area contributed by atoms with Crippen LogP contribution in [0, 0.1) is 27.7 Å². The van der Waals surface area contributed by atoms with E-state index < -0.39 is 28.5 Å². The van der Waals surface area contributed by atoms with E-state index in [2.05, 4.69) is 5.32 Å². The first-order valence-corrected chi connectivity index (χ1v) is 15.6. The van der Waals surface area contributed by atoms with Gasteiger partial charge in [0.15, 0.2) is 0 Å². The number of benzene rings is 3. The number of aryl methyl sites for hydroxylation is 4. The van der Waals surface area contributed by atoms with Crippen LogP contribution in [0.1, 0.15) is 61.4 Å². The Labute approximate surface area is 245 Å². The highest BCUT2D eigenvalue weighted by atomic mass is 32.2. The lowest BCUT2D eigenvalue weighted by molar-refractivity contribution is -0.140. The number of hydrogen-bond acceptors (Lipinski definition) is 4. The summed E-state index contributed by atoms with van der Waals surface area (Å²) in [5.74, 6) is -0.701. The molecule has 0 saturated heterocycles. The van der Waals surface area contributed by atoms with Gasteiger partial charge < -0.3 is 10.2 Å². The maximum Gasteiger partial charge on any atom is 0.264 e. The zero-order valence-electron chi connectivity index (χ0n) is 25.3. The van der Waals surface area contributed by atoms with Crippen LogP contribution in [0.25, 0.3) is 0 Å². The molecule has 41 heavy (non-hydrogen) atoms. The van der Waals surface area contributed by atoms with Crippen molar-refractivity contribution >= 4 is 27.5 Å². The van der Waals surface area contributed by atoms with Crippen molar-refractivity contribution in [2.24, 2.45) is 0 Å². The molecule has 3 rings (SSSR count). The summed E-state index contributed by atoms with van der Waals surface area (Å²) in [6.45, 7) is 13.2. The van der Waals surface area contributed by atoms with Crippen molar-refractivity contribution in [3.05, 3.63) is 94.5 Å². The van der Waals surface area contributed by atoms with Crippen molar-refractivity contribution in [3.8, 4) is 0 Å². The van der Waals surface area contributed by atoms with Crippen molar-refractivity contribution in [1.29, 1.82) is 0 Å². The minimum absolute atomic E-state index is 0.0541. The van der Waals surface area contributed by atoms with Crippen LogP contribution in [0.4, 0.5) is 5.69 Å². The van der Waals surface area contributed by atoms with E-state index in [-0.39, 0.29) is 23.4 Å². The summed E-state index contributed by atoms with van der Waals surface area (Å²) in [6, 6.07) is 19.1. The maximum atomic E-state index is 14.2. The van der Waals surface area contributed by atoms with E-state index >= 15 is 0 Å². The van der Waals surface area contributed by atoms with E-state index in [0.717, 1.165) is 34.2 Å². The molecule has 0 aliphatic rings. The second kappa shape index (κ2) is 13.8. The van der Waals surface area contributed by atoms with Crippen LogP contribution < -0.4 is 9.62 Å². The molecule has 1 N–H and O–H groups in total. The third-order valence-electron chi connectivity index (χ3n) is 7.24. The average Bonchev–Trinajstić information content (AvgIpc) is 2.92. The van der Waals surface area contributed by atoms with Gasteiger partial charge in [0.25, 0.3) is 10.0 Å².